The molecule has 0 aliphatic rings. The van der Waals surface area contributed by atoms with E-state index in [-0.39, 0.29) is 5.69 Å². The lowest BCUT2D eigenvalue weighted by Crippen LogP contribution is -2.10. The molecule has 2 N–H and O–H groups in total. The largest absolute Gasteiger partial charge is 0.369 e. The van der Waals surface area contributed by atoms with Gasteiger partial charge in [-0.05, 0) is 0 Å². The van der Waals surface area contributed by atoms with Gasteiger partial charge in [0.25, 0.3) is 0 Å². The van der Waals surface area contributed by atoms with E-state index in [9.17, 15) is 4.79 Å². The number of rotatable bonds is 3. The zero-order chi connectivity index (χ0) is 9.97. The van der Waals surface area contributed by atoms with Gasteiger partial charge in [0.15, 0.2) is 5.65 Å². The van der Waals surface area contributed by atoms with Crippen LogP contribution >= 0.6 is 11.6 Å². The maximum Gasteiger partial charge on any atom is 0.348 e. The van der Waals surface area contributed by atoms with Gasteiger partial charge in [-0.25, -0.2) is 19.3 Å². The Morgan fingerprint density at radius 3 is 3.29 bits per heavy atom. The number of nitrogens with one attached hydrogen (secondary N) is 2. The molecule has 0 atom stereocenters. The van der Waals surface area contributed by atoms with Crippen LogP contribution in [0.3, 0.4) is 0 Å². The molecule has 0 saturated carbocycles. The Labute approximate surface area is 83.9 Å². The molecule has 0 saturated heterocycles. The molecule has 0 amide bonds. The summed E-state index contributed by atoms with van der Waals surface area (Å²) in [6.07, 6.45) is 1.41. The smallest absolute Gasteiger partial charge is 0.348 e. The van der Waals surface area contributed by atoms with Crippen molar-refractivity contribution >= 4 is 23.1 Å². The molecule has 2 rings (SSSR count). The Bertz CT molecular complexity index is 490. The predicted molar refractivity (Wildman–Crippen MR) is 52.8 cm³/mol. The van der Waals surface area contributed by atoms with E-state index in [1.165, 1.54) is 10.7 Å². The summed E-state index contributed by atoms with van der Waals surface area (Å²) < 4.78 is 1.33. The van der Waals surface area contributed by atoms with Gasteiger partial charge in [-0.1, -0.05) is 0 Å². The zero-order valence-electron chi connectivity index (χ0n) is 7.20. The van der Waals surface area contributed by atoms with Crippen molar-refractivity contribution in [3.05, 3.63) is 22.9 Å². The number of nitrogens with zero attached hydrogens (tertiary/aromatic N) is 3. The molecule has 0 radical (unpaired) electrons. The molecule has 0 unspecified atom stereocenters. The molecule has 2 aromatic heterocycles. The Morgan fingerprint density at radius 1 is 1.64 bits per heavy atom. The maximum atomic E-state index is 11.1. The van der Waals surface area contributed by atoms with Crippen LogP contribution in [0.1, 0.15) is 0 Å². The summed E-state index contributed by atoms with van der Waals surface area (Å²) in [6.45, 7) is 0.624. The fourth-order valence-corrected chi connectivity index (χ4v) is 1.18. The highest BCUT2D eigenvalue weighted by atomic mass is 35.5. The molecule has 14 heavy (non-hydrogen) atoms. The van der Waals surface area contributed by atoms with E-state index in [0.717, 1.165) is 0 Å². The van der Waals surface area contributed by atoms with Crippen molar-refractivity contribution in [1.29, 1.82) is 0 Å². The predicted octanol–water partition coefficient (Wildman–Crippen LogP) is 0.0683. The molecule has 0 aliphatic heterocycles. The fraction of sp³-hybridized carbons (Fsp3) is 0.286. The van der Waals surface area contributed by atoms with E-state index in [0.29, 0.717) is 23.9 Å². The van der Waals surface area contributed by atoms with Gasteiger partial charge in [0.2, 0.25) is 0 Å². The third-order valence-corrected chi connectivity index (χ3v) is 1.90. The SMILES string of the molecule is O=c1[nH]nc2cc(NCCCl)ncn12. The number of anilines is 1. The summed E-state index contributed by atoms with van der Waals surface area (Å²) in [5, 5.41) is 9.11. The summed E-state index contributed by atoms with van der Waals surface area (Å²) >= 11 is 5.51. The minimum atomic E-state index is -0.295. The normalized spacial score (nSPS) is 10.6. The number of alkyl halides is 1. The average Bonchev–Trinajstić information content (AvgIpc) is 2.57. The number of aromatic amines is 1. The molecule has 2 aromatic rings. The summed E-state index contributed by atoms with van der Waals surface area (Å²) in [6, 6.07) is 1.67. The first-order valence-electron chi connectivity index (χ1n) is 4.04. The highest BCUT2D eigenvalue weighted by Crippen LogP contribution is 2.03. The van der Waals surface area contributed by atoms with Crippen molar-refractivity contribution in [2.45, 2.75) is 0 Å². The van der Waals surface area contributed by atoms with Crippen molar-refractivity contribution in [3.8, 4) is 0 Å². The van der Waals surface area contributed by atoms with Crippen LogP contribution in [0.25, 0.3) is 5.65 Å². The van der Waals surface area contributed by atoms with Gasteiger partial charge in [0, 0.05) is 18.5 Å². The van der Waals surface area contributed by atoms with Gasteiger partial charge in [0.1, 0.15) is 12.1 Å². The summed E-state index contributed by atoms with van der Waals surface area (Å²) in [7, 11) is 0. The number of fused-ring (bicyclic) bond motifs is 1. The van der Waals surface area contributed by atoms with Gasteiger partial charge in [-0.15, -0.1) is 11.6 Å². The van der Waals surface area contributed by atoms with Crippen molar-refractivity contribution < 1.29 is 0 Å². The molecule has 0 aromatic carbocycles. The molecule has 74 valence electrons. The third-order valence-electron chi connectivity index (χ3n) is 1.71. The molecule has 6 nitrogen and oxygen atoms in total. The molecule has 0 aliphatic carbocycles. The second kappa shape index (κ2) is 3.67. The Morgan fingerprint density at radius 2 is 2.50 bits per heavy atom. The van der Waals surface area contributed by atoms with Crippen molar-refractivity contribution in [2.24, 2.45) is 0 Å². The fourth-order valence-electron chi connectivity index (χ4n) is 1.08. The monoisotopic (exact) mass is 213 g/mol. The van der Waals surface area contributed by atoms with E-state index in [1.54, 1.807) is 6.07 Å². The highest BCUT2D eigenvalue weighted by Gasteiger charge is 2.00. The minimum absolute atomic E-state index is 0.295. The first-order chi connectivity index (χ1) is 6.81. The number of hydrogen-bond acceptors (Lipinski definition) is 4. The molecular weight excluding hydrogens is 206 g/mol. The van der Waals surface area contributed by atoms with Gasteiger partial charge in [-0.2, -0.15) is 5.10 Å². The zero-order valence-corrected chi connectivity index (χ0v) is 7.95. The van der Waals surface area contributed by atoms with Crippen LogP contribution < -0.4 is 11.0 Å². The van der Waals surface area contributed by atoms with E-state index in [4.69, 9.17) is 11.6 Å². The lowest BCUT2D eigenvalue weighted by molar-refractivity contribution is 0.994. The number of halogens is 1. The van der Waals surface area contributed by atoms with Gasteiger partial charge in [0.05, 0.1) is 0 Å². The highest BCUT2D eigenvalue weighted by molar-refractivity contribution is 6.18. The lowest BCUT2D eigenvalue weighted by atomic mass is 10.5. The first kappa shape index (κ1) is 9.01. The van der Waals surface area contributed by atoms with Crippen LogP contribution in [0, 0.1) is 0 Å². The van der Waals surface area contributed by atoms with Gasteiger partial charge < -0.3 is 5.32 Å². The van der Waals surface area contributed by atoms with Gasteiger partial charge in [-0.3, -0.25) is 0 Å². The van der Waals surface area contributed by atoms with Crippen LogP contribution in [0.15, 0.2) is 17.2 Å². The van der Waals surface area contributed by atoms with E-state index in [1.807, 2.05) is 0 Å². The third kappa shape index (κ3) is 1.56. The van der Waals surface area contributed by atoms with Crippen LogP contribution in [0.4, 0.5) is 5.82 Å². The maximum absolute atomic E-state index is 11.1. The Balaban J connectivity index is 2.37. The number of H-pyrrole nitrogens is 1. The molecule has 0 spiro atoms. The van der Waals surface area contributed by atoms with Crippen LogP contribution in [0.2, 0.25) is 0 Å². The molecule has 7 heteroatoms. The second-order valence-corrected chi connectivity index (χ2v) is 3.02. The number of hydrogen-bond donors (Lipinski definition) is 2. The van der Waals surface area contributed by atoms with Crippen LogP contribution in [-0.2, 0) is 0 Å². The van der Waals surface area contributed by atoms with Crippen molar-refractivity contribution in [3.63, 3.8) is 0 Å². The lowest BCUT2D eigenvalue weighted by Gasteiger charge is -2.01. The topological polar surface area (TPSA) is 75.1 Å². The second-order valence-electron chi connectivity index (χ2n) is 2.65. The van der Waals surface area contributed by atoms with E-state index >= 15 is 0 Å². The number of aromatic nitrogens is 4. The molecule has 2 heterocycles. The van der Waals surface area contributed by atoms with Crippen LogP contribution in [-0.4, -0.2) is 32.0 Å². The standard InChI is InChI=1S/C7H8ClN5O/c8-1-2-9-5-3-6-11-12-7(14)13(6)4-10-5/h3-4,9H,1-2H2,(H,12,14). The van der Waals surface area contributed by atoms with Crippen LogP contribution in [0.5, 0.6) is 0 Å². The molecular formula is C7H8ClN5O. The van der Waals surface area contributed by atoms with E-state index in [2.05, 4.69) is 20.5 Å². The minimum Gasteiger partial charge on any atom is -0.369 e. The summed E-state index contributed by atoms with van der Waals surface area (Å²) in [4.78, 5) is 15.1. The Hall–Kier alpha value is -1.56. The first-order valence-corrected chi connectivity index (χ1v) is 4.57. The molecule has 0 bridgehead atoms. The average molecular weight is 214 g/mol. The summed E-state index contributed by atoms with van der Waals surface area (Å²) in [5.41, 5.74) is 0.235. The van der Waals surface area contributed by atoms with E-state index < -0.39 is 0 Å². The summed E-state index contributed by atoms with van der Waals surface area (Å²) in [5.74, 6) is 1.15. The molecule has 0 fully saturated rings. The quantitative estimate of drug-likeness (QED) is 0.708. The van der Waals surface area contributed by atoms with Crippen molar-refractivity contribution in [1.82, 2.24) is 19.6 Å². The van der Waals surface area contributed by atoms with Crippen molar-refractivity contribution in [2.75, 3.05) is 17.7 Å². The Kier molecular flexibility index (Phi) is 2.36. The van der Waals surface area contributed by atoms with Gasteiger partial charge >= 0.3 is 5.69 Å².